The molecule has 1 aromatic heterocycles. The first-order valence-electron chi connectivity index (χ1n) is 5.97. The molecule has 0 fully saturated rings. The second-order valence-electron chi connectivity index (χ2n) is 4.17. The minimum atomic E-state index is 0.590. The SMILES string of the molecule is COc1cccc(CNc2cc(C#N)ccc2C)n1. The molecule has 0 unspecified atom stereocenters. The molecule has 0 radical (unpaired) electrons. The summed E-state index contributed by atoms with van der Waals surface area (Å²) < 4.78 is 5.09. The van der Waals surface area contributed by atoms with Crippen LogP contribution in [0.15, 0.2) is 36.4 Å². The molecule has 2 rings (SSSR count). The van der Waals surface area contributed by atoms with Gasteiger partial charge >= 0.3 is 0 Å². The summed E-state index contributed by atoms with van der Waals surface area (Å²) >= 11 is 0. The Bertz CT molecular complexity index is 617. The van der Waals surface area contributed by atoms with Gasteiger partial charge in [0, 0.05) is 11.8 Å². The normalized spacial score (nSPS) is 9.74. The first-order valence-corrected chi connectivity index (χ1v) is 5.97. The fourth-order valence-electron chi connectivity index (χ4n) is 1.74. The average molecular weight is 253 g/mol. The molecule has 4 heteroatoms. The number of nitriles is 1. The lowest BCUT2D eigenvalue weighted by molar-refractivity contribution is 0.396. The Kier molecular flexibility index (Phi) is 3.99. The van der Waals surface area contributed by atoms with Crippen LogP contribution in [-0.2, 0) is 6.54 Å². The van der Waals surface area contributed by atoms with Crippen LogP contribution >= 0.6 is 0 Å². The minimum Gasteiger partial charge on any atom is -0.481 e. The van der Waals surface area contributed by atoms with Crippen LogP contribution in [0.3, 0.4) is 0 Å². The van der Waals surface area contributed by atoms with Gasteiger partial charge in [0.2, 0.25) is 5.88 Å². The highest BCUT2D eigenvalue weighted by Crippen LogP contribution is 2.17. The Balaban J connectivity index is 2.12. The molecule has 0 amide bonds. The molecule has 1 N–H and O–H groups in total. The molecular weight excluding hydrogens is 238 g/mol. The van der Waals surface area contributed by atoms with Crippen molar-refractivity contribution in [3.8, 4) is 11.9 Å². The fourth-order valence-corrected chi connectivity index (χ4v) is 1.74. The van der Waals surface area contributed by atoms with E-state index in [4.69, 9.17) is 10.00 Å². The maximum Gasteiger partial charge on any atom is 0.213 e. The van der Waals surface area contributed by atoms with Gasteiger partial charge in [-0.25, -0.2) is 4.98 Å². The van der Waals surface area contributed by atoms with Crippen LogP contribution in [0.25, 0.3) is 0 Å². The van der Waals surface area contributed by atoms with Crippen molar-refractivity contribution in [2.45, 2.75) is 13.5 Å². The van der Waals surface area contributed by atoms with Crippen molar-refractivity contribution in [2.24, 2.45) is 0 Å². The van der Waals surface area contributed by atoms with Gasteiger partial charge in [0.1, 0.15) is 0 Å². The van der Waals surface area contributed by atoms with Crippen LogP contribution in [0, 0.1) is 18.3 Å². The van der Waals surface area contributed by atoms with Gasteiger partial charge in [0.25, 0.3) is 0 Å². The Morgan fingerprint density at radius 3 is 2.89 bits per heavy atom. The lowest BCUT2D eigenvalue weighted by atomic mass is 10.1. The molecule has 19 heavy (non-hydrogen) atoms. The third-order valence-electron chi connectivity index (χ3n) is 2.82. The van der Waals surface area contributed by atoms with Crippen molar-refractivity contribution in [3.63, 3.8) is 0 Å². The number of rotatable bonds is 4. The molecule has 0 saturated heterocycles. The zero-order valence-corrected chi connectivity index (χ0v) is 11.0. The van der Waals surface area contributed by atoms with Crippen molar-refractivity contribution in [1.29, 1.82) is 5.26 Å². The number of anilines is 1. The van der Waals surface area contributed by atoms with E-state index >= 15 is 0 Å². The van der Waals surface area contributed by atoms with Gasteiger partial charge in [-0.2, -0.15) is 5.26 Å². The number of aryl methyl sites for hydroxylation is 1. The lowest BCUT2D eigenvalue weighted by Crippen LogP contribution is -2.03. The van der Waals surface area contributed by atoms with Crippen LogP contribution in [0.1, 0.15) is 16.8 Å². The standard InChI is InChI=1S/C15H15N3O/c1-11-6-7-12(9-16)8-14(11)17-10-13-4-3-5-15(18-13)19-2/h3-8,17H,10H2,1-2H3. The number of hydrogen-bond acceptors (Lipinski definition) is 4. The zero-order valence-electron chi connectivity index (χ0n) is 11.0. The van der Waals surface area contributed by atoms with Gasteiger partial charge in [0.15, 0.2) is 0 Å². The Morgan fingerprint density at radius 2 is 2.16 bits per heavy atom. The van der Waals surface area contributed by atoms with Crippen molar-refractivity contribution in [3.05, 3.63) is 53.2 Å². The van der Waals surface area contributed by atoms with Crippen LogP contribution in [0.4, 0.5) is 5.69 Å². The number of benzene rings is 1. The number of pyridine rings is 1. The van der Waals surface area contributed by atoms with E-state index in [-0.39, 0.29) is 0 Å². The molecule has 0 aliphatic carbocycles. The molecule has 1 heterocycles. The highest BCUT2D eigenvalue weighted by molar-refractivity contribution is 5.55. The van der Waals surface area contributed by atoms with Crippen molar-refractivity contribution < 1.29 is 4.74 Å². The second-order valence-corrected chi connectivity index (χ2v) is 4.17. The molecule has 2 aromatic rings. The summed E-state index contributed by atoms with van der Waals surface area (Å²) in [5, 5.41) is 12.2. The quantitative estimate of drug-likeness (QED) is 0.910. The van der Waals surface area contributed by atoms with Gasteiger partial charge in [-0.3, -0.25) is 0 Å². The minimum absolute atomic E-state index is 0.590. The topological polar surface area (TPSA) is 57.9 Å². The lowest BCUT2D eigenvalue weighted by Gasteiger charge is -2.10. The summed E-state index contributed by atoms with van der Waals surface area (Å²) in [6.07, 6.45) is 0. The summed E-state index contributed by atoms with van der Waals surface area (Å²) in [7, 11) is 1.60. The molecule has 0 atom stereocenters. The Hall–Kier alpha value is -2.54. The third-order valence-corrected chi connectivity index (χ3v) is 2.82. The first-order chi connectivity index (χ1) is 9.22. The maximum absolute atomic E-state index is 8.90. The van der Waals surface area contributed by atoms with E-state index in [9.17, 15) is 0 Å². The summed E-state index contributed by atoms with van der Waals surface area (Å²) in [5.41, 5.74) is 3.58. The monoisotopic (exact) mass is 253 g/mol. The average Bonchev–Trinajstić information content (AvgIpc) is 2.46. The van der Waals surface area contributed by atoms with E-state index in [0.717, 1.165) is 16.9 Å². The predicted molar refractivity (Wildman–Crippen MR) is 74.0 cm³/mol. The van der Waals surface area contributed by atoms with Crippen LogP contribution in [-0.4, -0.2) is 12.1 Å². The van der Waals surface area contributed by atoms with E-state index in [2.05, 4.69) is 16.4 Å². The number of aromatic nitrogens is 1. The molecule has 4 nitrogen and oxygen atoms in total. The summed E-state index contributed by atoms with van der Waals surface area (Å²) in [6.45, 7) is 2.59. The predicted octanol–water partition coefficient (Wildman–Crippen LogP) is 2.88. The van der Waals surface area contributed by atoms with Crippen molar-refractivity contribution >= 4 is 5.69 Å². The van der Waals surface area contributed by atoms with E-state index < -0.39 is 0 Å². The van der Waals surface area contributed by atoms with Gasteiger partial charge < -0.3 is 10.1 Å². The Labute approximate surface area is 112 Å². The molecule has 1 aromatic carbocycles. The second kappa shape index (κ2) is 5.87. The van der Waals surface area contributed by atoms with Crippen LogP contribution < -0.4 is 10.1 Å². The fraction of sp³-hybridized carbons (Fsp3) is 0.200. The van der Waals surface area contributed by atoms with Gasteiger partial charge in [0.05, 0.1) is 31.0 Å². The van der Waals surface area contributed by atoms with Gasteiger partial charge in [-0.05, 0) is 30.7 Å². The van der Waals surface area contributed by atoms with Gasteiger partial charge in [-0.15, -0.1) is 0 Å². The van der Waals surface area contributed by atoms with Crippen molar-refractivity contribution in [2.75, 3.05) is 12.4 Å². The highest BCUT2D eigenvalue weighted by atomic mass is 16.5. The van der Waals surface area contributed by atoms with Crippen molar-refractivity contribution in [1.82, 2.24) is 4.98 Å². The van der Waals surface area contributed by atoms with Gasteiger partial charge in [-0.1, -0.05) is 12.1 Å². The summed E-state index contributed by atoms with van der Waals surface area (Å²) in [4.78, 5) is 4.33. The number of hydrogen-bond donors (Lipinski definition) is 1. The molecule has 0 bridgehead atoms. The molecule has 96 valence electrons. The number of methoxy groups -OCH3 is 1. The smallest absolute Gasteiger partial charge is 0.213 e. The van der Waals surface area contributed by atoms with E-state index in [1.165, 1.54) is 0 Å². The van der Waals surface area contributed by atoms with E-state index in [0.29, 0.717) is 18.0 Å². The van der Waals surface area contributed by atoms with Crippen LogP contribution in [0.5, 0.6) is 5.88 Å². The summed E-state index contributed by atoms with van der Waals surface area (Å²) in [5.74, 6) is 0.599. The van der Waals surface area contributed by atoms with E-state index in [1.54, 1.807) is 7.11 Å². The molecule has 0 aliphatic heterocycles. The number of nitrogens with one attached hydrogen (secondary N) is 1. The number of ether oxygens (including phenoxy) is 1. The largest absolute Gasteiger partial charge is 0.481 e. The first kappa shape index (κ1) is 12.9. The molecule has 0 spiro atoms. The third kappa shape index (κ3) is 3.23. The Morgan fingerprint density at radius 1 is 1.32 bits per heavy atom. The van der Waals surface area contributed by atoms with Crippen LogP contribution in [0.2, 0.25) is 0 Å². The maximum atomic E-state index is 8.90. The molecule has 0 aliphatic rings. The number of nitrogens with zero attached hydrogens (tertiary/aromatic N) is 2. The molecule has 0 saturated carbocycles. The highest BCUT2D eigenvalue weighted by Gasteiger charge is 2.02. The zero-order chi connectivity index (χ0) is 13.7. The summed E-state index contributed by atoms with van der Waals surface area (Å²) in [6, 6.07) is 13.4. The van der Waals surface area contributed by atoms with E-state index in [1.807, 2.05) is 43.3 Å². The molecular formula is C15H15N3O.